The molecule has 7 heteroatoms. The maximum Gasteiger partial charge on any atom is 0.119 e. The van der Waals surface area contributed by atoms with Gasteiger partial charge in [-0.05, 0) is 91.7 Å². The summed E-state index contributed by atoms with van der Waals surface area (Å²) in [6, 6.07) is 22.4. The number of fused-ring (bicyclic) bond motifs is 1. The van der Waals surface area contributed by atoms with Crippen LogP contribution in [0.5, 0.6) is 17.2 Å². The molecule has 36 heavy (non-hydrogen) atoms. The van der Waals surface area contributed by atoms with Crippen LogP contribution >= 0.6 is 12.4 Å². The van der Waals surface area contributed by atoms with Crippen molar-refractivity contribution in [1.82, 2.24) is 9.47 Å². The van der Waals surface area contributed by atoms with E-state index in [-0.39, 0.29) is 23.9 Å². The minimum absolute atomic E-state index is 0. The Morgan fingerprint density at radius 1 is 0.861 bits per heavy atom. The third-order valence-corrected chi connectivity index (χ3v) is 6.69. The van der Waals surface area contributed by atoms with Crippen LogP contribution in [0.4, 0.5) is 0 Å². The van der Waals surface area contributed by atoms with Gasteiger partial charge in [0.05, 0.1) is 16.8 Å². The Morgan fingerprint density at radius 2 is 1.56 bits per heavy atom. The van der Waals surface area contributed by atoms with Crippen LogP contribution in [0.25, 0.3) is 22.2 Å². The van der Waals surface area contributed by atoms with Crippen molar-refractivity contribution in [2.45, 2.75) is 25.8 Å². The van der Waals surface area contributed by atoms with Gasteiger partial charge in [0, 0.05) is 18.5 Å². The summed E-state index contributed by atoms with van der Waals surface area (Å²) in [5, 5.41) is 30.5. The molecule has 4 aromatic rings. The van der Waals surface area contributed by atoms with E-state index in [2.05, 4.69) is 27.7 Å². The molecule has 2 heterocycles. The molecule has 1 fully saturated rings. The van der Waals surface area contributed by atoms with Gasteiger partial charge in [0.25, 0.3) is 0 Å². The predicted molar refractivity (Wildman–Crippen MR) is 144 cm³/mol. The number of aromatic nitrogens is 1. The molecule has 6 nitrogen and oxygen atoms in total. The number of halogens is 1. The van der Waals surface area contributed by atoms with Crippen molar-refractivity contribution in [3.05, 3.63) is 77.9 Å². The minimum atomic E-state index is 0. The number of nitrogens with zero attached hydrogens (tertiary/aromatic N) is 3. The second-order valence-electron chi connectivity index (χ2n) is 9.06. The van der Waals surface area contributed by atoms with Crippen molar-refractivity contribution in [3.63, 3.8) is 0 Å². The molecule has 3 aromatic carbocycles. The first kappa shape index (κ1) is 25.4. The number of phenolic OH excluding ortho intramolecular Hbond substituents is 2. The molecule has 0 atom stereocenters. The molecule has 0 unspecified atom stereocenters. The van der Waals surface area contributed by atoms with E-state index in [1.165, 1.54) is 32.4 Å². The van der Waals surface area contributed by atoms with E-state index in [4.69, 9.17) is 4.74 Å². The average molecular weight is 504 g/mol. The number of benzene rings is 3. The van der Waals surface area contributed by atoms with E-state index in [0.717, 1.165) is 34.6 Å². The molecule has 0 aliphatic carbocycles. The Hall–Kier alpha value is -3.66. The van der Waals surface area contributed by atoms with Gasteiger partial charge in [0.1, 0.15) is 29.9 Å². The van der Waals surface area contributed by atoms with Crippen molar-refractivity contribution in [2.24, 2.45) is 0 Å². The number of aromatic hydroxyl groups is 2. The van der Waals surface area contributed by atoms with Crippen LogP contribution in [0, 0.1) is 11.3 Å². The van der Waals surface area contributed by atoms with Crippen LogP contribution in [-0.4, -0.2) is 45.9 Å². The van der Waals surface area contributed by atoms with Crippen molar-refractivity contribution in [3.8, 4) is 34.6 Å². The molecule has 186 valence electrons. The smallest absolute Gasteiger partial charge is 0.119 e. The topological polar surface area (TPSA) is 81.6 Å². The lowest BCUT2D eigenvalue weighted by atomic mass is 10.1. The van der Waals surface area contributed by atoms with Crippen molar-refractivity contribution in [2.75, 3.05) is 26.2 Å². The van der Waals surface area contributed by atoms with Crippen LogP contribution in [0.1, 0.15) is 30.4 Å². The van der Waals surface area contributed by atoms with Gasteiger partial charge < -0.3 is 19.5 Å². The van der Waals surface area contributed by atoms with Gasteiger partial charge >= 0.3 is 0 Å². The minimum Gasteiger partial charge on any atom is -0.508 e. The van der Waals surface area contributed by atoms with Crippen molar-refractivity contribution in [1.29, 1.82) is 5.26 Å². The highest BCUT2D eigenvalue weighted by atomic mass is 35.5. The molecule has 2 N–H and O–H groups in total. The zero-order chi connectivity index (χ0) is 24.2. The molecule has 0 spiro atoms. The highest BCUT2D eigenvalue weighted by Gasteiger charge is 2.19. The molecule has 1 saturated heterocycles. The van der Waals surface area contributed by atoms with Gasteiger partial charge in [-0.3, -0.25) is 4.90 Å². The number of nitriles is 1. The number of hydrogen-bond donors (Lipinski definition) is 2. The first-order valence-electron chi connectivity index (χ1n) is 12.1. The molecule has 5 rings (SSSR count). The number of hydrogen-bond acceptors (Lipinski definition) is 5. The molecular weight excluding hydrogens is 474 g/mol. The third kappa shape index (κ3) is 5.43. The summed E-state index contributed by atoms with van der Waals surface area (Å²) in [5.74, 6) is 1.14. The lowest BCUT2D eigenvalue weighted by Gasteiger charge is -2.26. The Kier molecular flexibility index (Phi) is 8.04. The standard InChI is InChI=1S/C29H29N3O3.ClH/c30-19-27-26-18-24(34)10-13-28(26)32(29(27)22-6-8-23(33)9-7-22)20-21-4-11-25(12-5-21)35-17-16-31-14-2-1-3-15-31;/h4-13,18,33-34H,1-3,14-17,20H2;1H. The molecule has 1 aliphatic heterocycles. The fourth-order valence-electron chi connectivity index (χ4n) is 4.89. The number of likely N-dealkylation sites (tertiary alicyclic amines) is 1. The number of rotatable bonds is 7. The summed E-state index contributed by atoms with van der Waals surface area (Å²) in [5.41, 5.74) is 4.02. The first-order chi connectivity index (χ1) is 17.1. The van der Waals surface area contributed by atoms with Crippen LogP contribution in [0.15, 0.2) is 66.7 Å². The largest absolute Gasteiger partial charge is 0.508 e. The van der Waals surface area contributed by atoms with Gasteiger partial charge in [-0.15, -0.1) is 12.4 Å². The zero-order valence-corrected chi connectivity index (χ0v) is 20.9. The van der Waals surface area contributed by atoms with Crippen LogP contribution in [0.2, 0.25) is 0 Å². The fraction of sp³-hybridized carbons (Fsp3) is 0.276. The number of piperidine rings is 1. The monoisotopic (exact) mass is 503 g/mol. The summed E-state index contributed by atoms with van der Waals surface area (Å²) < 4.78 is 8.07. The quantitative estimate of drug-likeness (QED) is 0.327. The summed E-state index contributed by atoms with van der Waals surface area (Å²) >= 11 is 0. The van der Waals surface area contributed by atoms with E-state index >= 15 is 0 Å². The summed E-state index contributed by atoms with van der Waals surface area (Å²) in [7, 11) is 0. The maximum absolute atomic E-state index is 10.1. The summed E-state index contributed by atoms with van der Waals surface area (Å²) in [4.78, 5) is 2.46. The third-order valence-electron chi connectivity index (χ3n) is 6.69. The average Bonchev–Trinajstić information content (AvgIpc) is 3.18. The van der Waals surface area contributed by atoms with Crippen LogP contribution in [-0.2, 0) is 6.54 Å². The highest BCUT2D eigenvalue weighted by molar-refractivity contribution is 5.95. The van der Waals surface area contributed by atoms with Gasteiger partial charge in [-0.25, -0.2) is 0 Å². The van der Waals surface area contributed by atoms with E-state index in [9.17, 15) is 15.5 Å². The molecule has 0 saturated carbocycles. The Morgan fingerprint density at radius 3 is 2.25 bits per heavy atom. The summed E-state index contributed by atoms with van der Waals surface area (Å²) in [6.45, 7) is 4.52. The van der Waals surface area contributed by atoms with Crippen molar-refractivity contribution >= 4 is 23.3 Å². The van der Waals surface area contributed by atoms with Gasteiger partial charge in [-0.1, -0.05) is 18.6 Å². The molecule has 0 radical (unpaired) electrons. The number of ether oxygens (including phenoxy) is 1. The number of phenols is 2. The Labute approximate surface area is 217 Å². The lowest BCUT2D eigenvalue weighted by Crippen LogP contribution is -2.33. The normalized spacial score (nSPS) is 13.8. The van der Waals surface area contributed by atoms with Gasteiger partial charge in [0.2, 0.25) is 0 Å². The molecule has 0 amide bonds. The Balaban J connectivity index is 0.00000304. The molecule has 1 aromatic heterocycles. The molecule has 1 aliphatic rings. The predicted octanol–water partition coefficient (Wildman–Crippen LogP) is 5.93. The van der Waals surface area contributed by atoms with E-state index in [0.29, 0.717) is 24.1 Å². The van der Waals surface area contributed by atoms with Gasteiger partial charge in [0.15, 0.2) is 0 Å². The first-order valence-corrected chi connectivity index (χ1v) is 12.1. The SMILES string of the molecule is Cl.N#Cc1c(-c2ccc(O)cc2)n(Cc2ccc(OCCN3CCCCC3)cc2)c2ccc(O)cc12. The van der Waals surface area contributed by atoms with Crippen LogP contribution < -0.4 is 4.74 Å². The van der Waals surface area contributed by atoms with Gasteiger partial charge in [-0.2, -0.15) is 5.26 Å². The molecular formula is C29H30ClN3O3. The second kappa shape index (κ2) is 11.4. The fourth-order valence-corrected chi connectivity index (χ4v) is 4.89. The summed E-state index contributed by atoms with van der Waals surface area (Å²) in [6.07, 6.45) is 3.89. The maximum atomic E-state index is 10.1. The van der Waals surface area contributed by atoms with Crippen molar-refractivity contribution < 1.29 is 14.9 Å². The second-order valence-corrected chi connectivity index (χ2v) is 9.06. The van der Waals surface area contributed by atoms with E-state index in [1.807, 2.05) is 18.2 Å². The van der Waals surface area contributed by atoms with Crippen LogP contribution in [0.3, 0.4) is 0 Å². The highest BCUT2D eigenvalue weighted by Crippen LogP contribution is 2.36. The van der Waals surface area contributed by atoms with E-state index < -0.39 is 0 Å². The van der Waals surface area contributed by atoms with E-state index in [1.54, 1.807) is 36.4 Å². The lowest BCUT2D eigenvalue weighted by molar-refractivity contribution is 0.183. The zero-order valence-electron chi connectivity index (χ0n) is 20.1. The molecule has 0 bridgehead atoms. The Bertz CT molecular complexity index is 1350.